The van der Waals surface area contributed by atoms with Crippen LogP contribution in [-0.2, 0) is 4.74 Å². The Morgan fingerprint density at radius 1 is 0.967 bits per heavy atom. The van der Waals surface area contributed by atoms with Crippen LogP contribution in [-0.4, -0.2) is 24.2 Å². The Balaban J connectivity index is 1.90. The van der Waals surface area contributed by atoms with Crippen molar-refractivity contribution < 1.29 is 14.3 Å². The molecule has 3 aromatic carbocycles. The summed E-state index contributed by atoms with van der Waals surface area (Å²) in [6, 6.07) is 19.8. The van der Waals surface area contributed by atoms with E-state index in [1.165, 1.54) is 0 Å². The quantitative estimate of drug-likeness (QED) is 0.300. The monoisotopic (exact) mass is 400 g/mol. The SMILES string of the molecule is CCCOc1ccccc1Nc1c(C(=O)OCC)cnc2c1ccc1ccccc12. The Morgan fingerprint density at radius 3 is 2.60 bits per heavy atom. The summed E-state index contributed by atoms with van der Waals surface area (Å²) in [4.78, 5) is 17.3. The van der Waals surface area contributed by atoms with E-state index in [1.54, 1.807) is 13.1 Å². The molecule has 1 N–H and O–H groups in total. The summed E-state index contributed by atoms with van der Waals surface area (Å²) >= 11 is 0. The molecule has 5 heteroatoms. The van der Waals surface area contributed by atoms with E-state index < -0.39 is 5.97 Å². The fourth-order valence-electron chi connectivity index (χ4n) is 3.48. The standard InChI is InChI=1S/C25H24N2O3/c1-3-15-30-22-12-8-7-11-21(22)27-24-19-14-13-17-9-5-6-10-18(17)23(19)26-16-20(24)25(28)29-4-2/h5-14,16H,3-4,15H2,1-2H3,(H,26,27). The van der Waals surface area contributed by atoms with E-state index >= 15 is 0 Å². The summed E-state index contributed by atoms with van der Waals surface area (Å²) < 4.78 is 11.2. The van der Waals surface area contributed by atoms with E-state index in [-0.39, 0.29) is 0 Å². The number of pyridine rings is 1. The maximum atomic E-state index is 12.7. The molecule has 4 aromatic rings. The molecular formula is C25H24N2O3. The first-order chi connectivity index (χ1) is 14.7. The van der Waals surface area contributed by atoms with Gasteiger partial charge < -0.3 is 14.8 Å². The van der Waals surface area contributed by atoms with Gasteiger partial charge in [-0.25, -0.2) is 4.79 Å². The van der Waals surface area contributed by atoms with Gasteiger partial charge in [-0.05, 0) is 30.9 Å². The van der Waals surface area contributed by atoms with Crippen molar-refractivity contribution in [2.75, 3.05) is 18.5 Å². The number of esters is 1. The second-order valence-corrected chi connectivity index (χ2v) is 6.92. The Labute approximate surface area is 175 Å². The number of benzene rings is 3. The molecule has 0 unspecified atom stereocenters. The number of carbonyl (C=O) groups is 1. The van der Waals surface area contributed by atoms with Gasteiger partial charge in [0, 0.05) is 17.0 Å². The third kappa shape index (κ3) is 3.79. The third-order valence-electron chi connectivity index (χ3n) is 4.87. The van der Waals surface area contributed by atoms with Crippen molar-refractivity contribution >= 4 is 39.0 Å². The van der Waals surface area contributed by atoms with Crippen molar-refractivity contribution in [1.29, 1.82) is 0 Å². The topological polar surface area (TPSA) is 60.5 Å². The van der Waals surface area contributed by atoms with Crippen LogP contribution in [0.25, 0.3) is 21.7 Å². The Kier molecular flexibility index (Phi) is 5.80. The molecule has 0 bridgehead atoms. The van der Waals surface area contributed by atoms with E-state index in [9.17, 15) is 4.79 Å². The van der Waals surface area contributed by atoms with Gasteiger partial charge in [0.1, 0.15) is 11.3 Å². The molecule has 0 aliphatic rings. The average Bonchev–Trinajstić information content (AvgIpc) is 2.78. The first-order valence-electron chi connectivity index (χ1n) is 10.2. The lowest BCUT2D eigenvalue weighted by molar-refractivity contribution is 0.0527. The van der Waals surface area contributed by atoms with E-state index in [4.69, 9.17) is 9.47 Å². The number of aromatic nitrogens is 1. The molecule has 0 spiro atoms. The molecule has 0 radical (unpaired) electrons. The van der Waals surface area contributed by atoms with Crippen molar-refractivity contribution in [3.05, 3.63) is 72.4 Å². The second-order valence-electron chi connectivity index (χ2n) is 6.92. The van der Waals surface area contributed by atoms with Crippen LogP contribution in [0.15, 0.2) is 66.9 Å². The molecule has 152 valence electrons. The highest BCUT2D eigenvalue weighted by atomic mass is 16.5. The Hall–Kier alpha value is -3.60. The number of hydrogen-bond acceptors (Lipinski definition) is 5. The zero-order valence-corrected chi connectivity index (χ0v) is 17.1. The highest BCUT2D eigenvalue weighted by Crippen LogP contribution is 2.36. The molecule has 1 heterocycles. The predicted molar refractivity (Wildman–Crippen MR) is 121 cm³/mol. The van der Waals surface area contributed by atoms with Gasteiger partial charge in [-0.15, -0.1) is 0 Å². The largest absolute Gasteiger partial charge is 0.491 e. The number of ether oxygens (including phenoxy) is 2. The van der Waals surface area contributed by atoms with Gasteiger partial charge in [-0.2, -0.15) is 0 Å². The van der Waals surface area contributed by atoms with Crippen LogP contribution in [0.4, 0.5) is 11.4 Å². The van der Waals surface area contributed by atoms with E-state index in [0.717, 1.165) is 39.5 Å². The number of carbonyl (C=O) groups excluding carboxylic acids is 1. The molecule has 0 fully saturated rings. The molecular weight excluding hydrogens is 376 g/mol. The summed E-state index contributed by atoms with van der Waals surface area (Å²) in [5.74, 6) is 0.328. The summed E-state index contributed by atoms with van der Waals surface area (Å²) in [6.45, 7) is 4.77. The van der Waals surface area contributed by atoms with Crippen molar-refractivity contribution in [3.63, 3.8) is 0 Å². The Bertz CT molecular complexity index is 1200. The van der Waals surface area contributed by atoms with Crippen molar-refractivity contribution in [2.45, 2.75) is 20.3 Å². The van der Waals surface area contributed by atoms with Crippen LogP contribution in [0.1, 0.15) is 30.6 Å². The number of anilines is 2. The zero-order valence-electron chi connectivity index (χ0n) is 17.1. The minimum absolute atomic E-state index is 0.296. The second kappa shape index (κ2) is 8.82. The number of hydrogen-bond donors (Lipinski definition) is 1. The molecule has 5 nitrogen and oxygen atoms in total. The molecule has 4 rings (SSSR count). The molecule has 0 saturated carbocycles. The summed E-state index contributed by atoms with van der Waals surface area (Å²) in [5, 5.41) is 6.41. The molecule has 0 atom stereocenters. The van der Waals surface area contributed by atoms with Gasteiger partial charge in [-0.1, -0.05) is 55.5 Å². The lowest BCUT2D eigenvalue weighted by Crippen LogP contribution is -2.10. The smallest absolute Gasteiger partial charge is 0.341 e. The summed E-state index contributed by atoms with van der Waals surface area (Å²) in [6.07, 6.45) is 2.50. The lowest BCUT2D eigenvalue weighted by Gasteiger charge is -2.17. The highest BCUT2D eigenvalue weighted by molar-refractivity contribution is 6.13. The maximum Gasteiger partial charge on any atom is 0.341 e. The number of fused-ring (bicyclic) bond motifs is 3. The molecule has 30 heavy (non-hydrogen) atoms. The fraction of sp³-hybridized carbons (Fsp3) is 0.200. The Morgan fingerprint density at radius 2 is 1.77 bits per heavy atom. The van der Waals surface area contributed by atoms with E-state index in [1.807, 2.05) is 54.6 Å². The van der Waals surface area contributed by atoms with Crippen LogP contribution in [0.3, 0.4) is 0 Å². The first kappa shape index (κ1) is 19.7. The van der Waals surface area contributed by atoms with Crippen molar-refractivity contribution in [2.24, 2.45) is 0 Å². The van der Waals surface area contributed by atoms with E-state index in [2.05, 4.69) is 23.3 Å². The van der Waals surface area contributed by atoms with Crippen LogP contribution in [0, 0.1) is 0 Å². The van der Waals surface area contributed by atoms with E-state index in [0.29, 0.717) is 24.5 Å². The lowest BCUT2D eigenvalue weighted by atomic mass is 10.0. The number of nitrogens with zero attached hydrogens (tertiary/aromatic N) is 1. The van der Waals surface area contributed by atoms with Gasteiger partial charge in [0.25, 0.3) is 0 Å². The fourth-order valence-corrected chi connectivity index (χ4v) is 3.48. The van der Waals surface area contributed by atoms with Crippen LogP contribution in [0.5, 0.6) is 5.75 Å². The van der Waals surface area contributed by atoms with Gasteiger partial charge in [-0.3, -0.25) is 4.98 Å². The predicted octanol–water partition coefficient (Wildman–Crippen LogP) is 6.10. The van der Waals surface area contributed by atoms with Gasteiger partial charge >= 0.3 is 5.97 Å². The molecule has 0 aliphatic carbocycles. The molecule has 0 saturated heterocycles. The van der Waals surface area contributed by atoms with Gasteiger partial charge in [0.2, 0.25) is 0 Å². The third-order valence-corrected chi connectivity index (χ3v) is 4.87. The average molecular weight is 400 g/mol. The van der Waals surface area contributed by atoms with Gasteiger partial charge in [0.05, 0.1) is 30.1 Å². The molecule has 1 aromatic heterocycles. The first-order valence-corrected chi connectivity index (χ1v) is 10.2. The minimum Gasteiger partial charge on any atom is -0.491 e. The number of para-hydroxylation sites is 2. The normalized spacial score (nSPS) is 10.9. The van der Waals surface area contributed by atoms with Crippen LogP contribution < -0.4 is 10.1 Å². The van der Waals surface area contributed by atoms with Crippen molar-refractivity contribution in [3.8, 4) is 5.75 Å². The number of nitrogens with one attached hydrogen (secondary N) is 1. The molecule has 0 aliphatic heterocycles. The maximum absolute atomic E-state index is 12.7. The zero-order chi connectivity index (χ0) is 20.9. The number of rotatable bonds is 7. The van der Waals surface area contributed by atoms with Gasteiger partial charge in [0.15, 0.2) is 0 Å². The minimum atomic E-state index is -0.408. The summed E-state index contributed by atoms with van der Waals surface area (Å²) in [5.41, 5.74) is 2.68. The highest BCUT2D eigenvalue weighted by Gasteiger charge is 2.19. The van der Waals surface area contributed by atoms with Crippen molar-refractivity contribution in [1.82, 2.24) is 4.98 Å². The van der Waals surface area contributed by atoms with Crippen LogP contribution in [0.2, 0.25) is 0 Å². The van der Waals surface area contributed by atoms with Crippen LogP contribution >= 0.6 is 0 Å². The molecule has 0 amide bonds. The summed E-state index contributed by atoms with van der Waals surface area (Å²) in [7, 11) is 0.